The number of hydrogen-bond donors (Lipinski definition) is 1. The lowest BCUT2D eigenvalue weighted by molar-refractivity contribution is 0.658. The fourth-order valence-electron chi connectivity index (χ4n) is 2.09. The largest absolute Gasteiger partial charge is 0.326 e. The van der Waals surface area contributed by atoms with Gasteiger partial charge in [-0.25, -0.2) is 0 Å². The Balaban J connectivity index is 2.34. The molecule has 0 fully saturated rings. The minimum atomic E-state index is 0.485. The highest BCUT2D eigenvalue weighted by molar-refractivity contribution is 6.31. The molecule has 2 rings (SSSR count). The van der Waals surface area contributed by atoms with Gasteiger partial charge in [-0.05, 0) is 31.5 Å². The second-order valence-electron chi connectivity index (χ2n) is 4.43. The fourth-order valence-corrected chi connectivity index (χ4v) is 2.33. The van der Waals surface area contributed by atoms with Gasteiger partial charge in [-0.15, -0.1) is 0 Å². The highest BCUT2D eigenvalue weighted by Gasteiger charge is 2.11. The van der Waals surface area contributed by atoms with Gasteiger partial charge in [-0.3, -0.25) is 4.68 Å². The molecule has 19 heavy (non-hydrogen) atoms. The van der Waals surface area contributed by atoms with E-state index in [1.807, 2.05) is 24.6 Å². The molecule has 0 aliphatic rings. The van der Waals surface area contributed by atoms with Gasteiger partial charge in [0.1, 0.15) is 0 Å². The maximum atomic E-state index is 8.82. The van der Waals surface area contributed by atoms with Gasteiger partial charge in [0.05, 0.1) is 23.9 Å². The molecule has 0 saturated carbocycles. The summed E-state index contributed by atoms with van der Waals surface area (Å²) in [7, 11) is 0. The summed E-state index contributed by atoms with van der Waals surface area (Å²) in [5.41, 5.74) is 10.3. The molecule has 0 aliphatic heterocycles. The van der Waals surface area contributed by atoms with Crippen molar-refractivity contribution in [2.24, 2.45) is 5.73 Å². The normalized spacial score (nSPS) is 10.5. The molecule has 1 aromatic heterocycles. The first kappa shape index (κ1) is 13.6. The number of nitrogens with two attached hydrogens (primary N) is 1. The lowest BCUT2D eigenvalue weighted by Gasteiger charge is -2.07. The summed E-state index contributed by atoms with van der Waals surface area (Å²) in [5.74, 6) is 0. The van der Waals surface area contributed by atoms with Gasteiger partial charge < -0.3 is 5.73 Å². The second-order valence-corrected chi connectivity index (χ2v) is 4.84. The minimum absolute atomic E-state index is 0.485. The van der Waals surface area contributed by atoms with Crippen LogP contribution in [0.3, 0.4) is 0 Å². The Morgan fingerprint density at radius 3 is 2.68 bits per heavy atom. The third-order valence-electron chi connectivity index (χ3n) is 3.24. The van der Waals surface area contributed by atoms with Crippen LogP contribution in [0.5, 0.6) is 0 Å². The summed E-state index contributed by atoms with van der Waals surface area (Å²) in [6.45, 7) is 5.02. The van der Waals surface area contributed by atoms with Crippen LogP contribution in [-0.2, 0) is 13.1 Å². The van der Waals surface area contributed by atoms with Crippen molar-refractivity contribution in [2.45, 2.75) is 26.9 Å². The number of halogens is 1. The Morgan fingerprint density at radius 2 is 2.16 bits per heavy atom. The molecule has 0 atom stereocenters. The van der Waals surface area contributed by atoms with E-state index < -0.39 is 0 Å². The summed E-state index contributed by atoms with van der Waals surface area (Å²) in [5, 5.41) is 13.9. The molecule has 0 radical (unpaired) electrons. The average molecular weight is 275 g/mol. The third-order valence-corrected chi connectivity index (χ3v) is 3.59. The van der Waals surface area contributed by atoms with Crippen LogP contribution in [0.4, 0.5) is 0 Å². The molecule has 0 spiro atoms. The maximum Gasteiger partial charge on any atom is 0.0992 e. The van der Waals surface area contributed by atoms with Gasteiger partial charge in [-0.2, -0.15) is 10.4 Å². The Labute approximate surface area is 117 Å². The molecular weight excluding hydrogens is 260 g/mol. The van der Waals surface area contributed by atoms with E-state index in [1.165, 1.54) is 0 Å². The van der Waals surface area contributed by atoms with Crippen molar-refractivity contribution in [3.8, 4) is 6.07 Å². The van der Waals surface area contributed by atoms with Gasteiger partial charge >= 0.3 is 0 Å². The predicted octanol–water partition coefficient (Wildman–Crippen LogP) is 2.53. The molecule has 98 valence electrons. The first-order valence-electron chi connectivity index (χ1n) is 5.98. The smallest absolute Gasteiger partial charge is 0.0992 e. The van der Waals surface area contributed by atoms with E-state index in [0.717, 1.165) is 22.5 Å². The molecule has 2 aromatic rings. The minimum Gasteiger partial charge on any atom is -0.326 e. The number of aromatic nitrogens is 2. The topological polar surface area (TPSA) is 67.6 Å². The molecule has 0 bridgehead atoms. The van der Waals surface area contributed by atoms with Crippen LogP contribution in [0, 0.1) is 25.2 Å². The molecule has 5 heteroatoms. The molecule has 2 N–H and O–H groups in total. The number of nitriles is 1. The van der Waals surface area contributed by atoms with Crippen LogP contribution in [0.1, 0.15) is 28.1 Å². The van der Waals surface area contributed by atoms with Gasteiger partial charge in [0, 0.05) is 22.8 Å². The van der Waals surface area contributed by atoms with Crippen LogP contribution in [0.2, 0.25) is 5.02 Å². The average Bonchev–Trinajstić information content (AvgIpc) is 2.66. The summed E-state index contributed by atoms with van der Waals surface area (Å²) in [6, 6.07) is 7.36. The first-order chi connectivity index (χ1) is 9.06. The number of hydrogen-bond acceptors (Lipinski definition) is 3. The molecular formula is C14H15ClN4. The lowest BCUT2D eigenvalue weighted by atomic mass is 10.1. The standard InChI is InChI=1S/C14H15ClN4/c1-9-13(7-17)10(2)19(18-9)8-12-4-3-11(6-16)5-14(12)15/h3-5H,7-8,17H2,1-2H3. The zero-order valence-corrected chi connectivity index (χ0v) is 11.7. The van der Waals surface area contributed by atoms with Crippen LogP contribution in [0.15, 0.2) is 18.2 Å². The first-order valence-corrected chi connectivity index (χ1v) is 6.36. The van der Waals surface area contributed by atoms with Crippen LogP contribution in [-0.4, -0.2) is 9.78 Å². The number of nitrogens with zero attached hydrogens (tertiary/aromatic N) is 3. The van der Waals surface area contributed by atoms with Crippen molar-refractivity contribution in [1.29, 1.82) is 5.26 Å². The highest BCUT2D eigenvalue weighted by Crippen LogP contribution is 2.20. The predicted molar refractivity (Wildman–Crippen MR) is 74.9 cm³/mol. The van der Waals surface area contributed by atoms with Gasteiger partial charge in [0.15, 0.2) is 0 Å². The molecule has 4 nitrogen and oxygen atoms in total. The molecule has 0 aliphatic carbocycles. The van der Waals surface area contributed by atoms with Crippen molar-refractivity contribution < 1.29 is 0 Å². The van der Waals surface area contributed by atoms with E-state index in [2.05, 4.69) is 11.2 Å². The van der Waals surface area contributed by atoms with E-state index in [4.69, 9.17) is 22.6 Å². The van der Waals surface area contributed by atoms with Crippen molar-refractivity contribution in [3.63, 3.8) is 0 Å². The maximum absolute atomic E-state index is 8.82. The van der Waals surface area contributed by atoms with Gasteiger partial charge in [-0.1, -0.05) is 17.7 Å². The Bertz CT molecular complexity index is 652. The highest BCUT2D eigenvalue weighted by atomic mass is 35.5. The number of aryl methyl sites for hydroxylation is 1. The Kier molecular flexibility index (Phi) is 3.89. The monoisotopic (exact) mass is 274 g/mol. The lowest BCUT2D eigenvalue weighted by Crippen LogP contribution is -2.06. The quantitative estimate of drug-likeness (QED) is 0.935. The SMILES string of the molecule is Cc1nn(Cc2ccc(C#N)cc2Cl)c(C)c1CN. The van der Waals surface area contributed by atoms with Crippen molar-refractivity contribution >= 4 is 11.6 Å². The molecule has 1 aromatic carbocycles. The van der Waals surface area contributed by atoms with Crippen LogP contribution < -0.4 is 5.73 Å². The van der Waals surface area contributed by atoms with Crippen molar-refractivity contribution in [1.82, 2.24) is 9.78 Å². The van der Waals surface area contributed by atoms with E-state index in [-0.39, 0.29) is 0 Å². The molecule has 0 saturated heterocycles. The van der Waals surface area contributed by atoms with Gasteiger partial charge in [0.25, 0.3) is 0 Å². The van der Waals surface area contributed by atoms with Gasteiger partial charge in [0.2, 0.25) is 0 Å². The zero-order chi connectivity index (χ0) is 14.0. The third kappa shape index (κ3) is 2.62. The summed E-state index contributed by atoms with van der Waals surface area (Å²) >= 11 is 6.17. The number of benzene rings is 1. The fraction of sp³-hybridized carbons (Fsp3) is 0.286. The van der Waals surface area contributed by atoms with Crippen molar-refractivity contribution in [3.05, 3.63) is 51.3 Å². The molecule has 1 heterocycles. The molecule has 0 amide bonds. The van der Waals surface area contributed by atoms with Crippen LogP contribution in [0.25, 0.3) is 0 Å². The number of rotatable bonds is 3. The van der Waals surface area contributed by atoms with Crippen molar-refractivity contribution in [2.75, 3.05) is 0 Å². The van der Waals surface area contributed by atoms with E-state index in [1.54, 1.807) is 12.1 Å². The molecule has 0 unspecified atom stereocenters. The Hall–Kier alpha value is -1.83. The zero-order valence-electron chi connectivity index (χ0n) is 10.9. The summed E-state index contributed by atoms with van der Waals surface area (Å²) in [4.78, 5) is 0. The summed E-state index contributed by atoms with van der Waals surface area (Å²) < 4.78 is 1.89. The Morgan fingerprint density at radius 1 is 1.42 bits per heavy atom. The van der Waals surface area contributed by atoms with E-state index >= 15 is 0 Å². The van der Waals surface area contributed by atoms with E-state index in [9.17, 15) is 0 Å². The van der Waals surface area contributed by atoms with Crippen LogP contribution >= 0.6 is 11.6 Å². The summed E-state index contributed by atoms with van der Waals surface area (Å²) in [6.07, 6.45) is 0. The second kappa shape index (κ2) is 5.43. The van der Waals surface area contributed by atoms with E-state index in [0.29, 0.717) is 23.7 Å².